The first-order valence-corrected chi connectivity index (χ1v) is 7.87. The zero-order valence-electron chi connectivity index (χ0n) is 13.0. The van der Waals surface area contributed by atoms with E-state index in [1.807, 2.05) is 16.8 Å². The van der Waals surface area contributed by atoms with Crippen LogP contribution in [0.15, 0.2) is 35.2 Å². The van der Waals surface area contributed by atoms with Crippen molar-refractivity contribution in [2.75, 3.05) is 0 Å². The fourth-order valence-electron chi connectivity index (χ4n) is 3.15. The lowest BCUT2D eigenvalue weighted by Gasteiger charge is -2.21. The second-order valence-electron chi connectivity index (χ2n) is 6.13. The van der Waals surface area contributed by atoms with Crippen molar-refractivity contribution in [1.82, 2.24) is 19.9 Å². The summed E-state index contributed by atoms with van der Waals surface area (Å²) < 4.78 is 7.04. The monoisotopic (exact) mass is 310 g/mol. The van der Waals surface area contributed by atoms with Crippen LogP contribution in [0.4, 0.5) is 0 Å². The SMILES string of the molecule is C[C@@H]1CCc2c(cnc3c(C(=O)NCc4ccco4)cnn23)C1. The van der Waals surface area contributed by atoms with Crippen molar-refractivity contribution in [1.29, 1.82) is 0 Å². The number of amides is 1. The first-order chi connectivity index (χ1) is 11.2. The van der Waals surface area contributed by atoms with Crippen molar-refractivity contribution >= 4 is 11.6 Å². The summed E-state index contributed by atoms with van der Waals surface area (Å²) in [6.45, 7) is 2.61. The fourth-order valence-corrected chi connectivity index (χ4v) is 3.15. The summed E-state index contributed by atoms with van der Waals surface area (Å²) in [6, 6.07) is 3.62. The highest BCUT2D eigenvalue weighted by molar-refractivity contribution is 5.99. The van der Waals surface area contributed by atoms with Gasteiger partial charge in [-0.05, 0) is 42.9 Å². The molecule has 1 amide bonds. The highest BCUT2D eigenvalue weighted by Gasteiger charge is 2.22. The van der Waals surface area contributed by atoms with Crippen molar-refractivity contribution in [2.24, 2.45) is 5.92 Å². The Kier molecular flexibility index (Phi) is 3.37. The van der Waals surface area contributed by atoms with Crippen LogP contribution in [0, 0.1) is 5.92 Å². The van der Waals surface area contributed by atoms with Gasteiger partial charge in [0.2, 0.25) is 0 Å². The van der Waals surface area contributed by atoms with E-state index >= 15 is 0 Å². The van der Waals surface area contributed by atoms with Gasteiger partial charge in [0.15, 0.2) is 5.65 Å². The summed E-state index contributed by atoms with van der Waals surface area (Å²) in [4.78, 5) is 16.9. The lowest BCUT2D eigenvalue weighted by Crippen LogP contribution is -2.23. The Morgan fingerprint density at radius 2 is 2.39 bits per heavy atom. The molecular formula is C17H18N4O2. The van der Waals surface area contributed by atoms with Crippen LogP contribution >= 0.6 is 0 Å². The van der Waals surface area contributed by atoms with Gasteiger partial charge in [-0.15, -0.1) is 0 Å². The average molecular weight is 310 g/mol. The van der Waals surface area contributed by atoms with Crippen molar-refractivity contribution in [3.05, 3.63) is 53.4 Å². The molecule has 4 rings (SSSR count). The van der Waals surface area contributed by atoms with Crippen LogP contribution in [0.25, 0.3) is 5.65 Å². The summed E-state index contributed by atoms with van der Waals surface area (Å²) >= 11 is 0. The third kappa shape index (κ3) is 2.50. The fraction of sp³-hybridized carbons (Fsp3) is 0.353. The summed E-state index contributed by atoms with van der Waals surface area (Å²) in [5.74, 6) is 1.20. The van der Waals surface area contributed by atoms with Gasteiger partial charge in [0, 0.05) is 11.9 Å². The molecule has 0 unspecified atom stereocenters. The van der Waals surface area contributed by atoms with Gasteiger partial charge < -0.3 is 9.73 Å². The zero-order valence-corrected chi connectivity index (χ0v) is 13.0. The molecule has 3 heterocycles. The third-order valence-electron chi connectivity index (χ3n) is 4.40. The summed E-state index contributed by atoms with van der Waals surface area (Å²) in [7, 11) is 0. The predicted molar refractivity (Wildman–Crippen MR) is 84.1 cm³/mol. The van der Waals surface area contributed by atoms with E-state index in [0.717, 1.165) is 19.3 Å². The zero-order chi connectivity index (χ0) is 15.8. The Morgan fingerprint density at radius 1 is 1.48 bits per heavy atom. The first kappa shape index (κ1) is 14.0. The number of furan rings is 1. The van der Waals surface area contributed by atoms with Gasteiger partial charge in [-0.3, -0.25) is 4.79 Å². The van der Waals surface area contributed by atoms with Crippen LogP contribution in [-0.4, -0.2) is 20.5 Å². The molecule has 1 atom stereocenters. The van der Waals surface area contributed by atoms with E-state index in [-0.39, 0.29) is 5.91 Å². The molecule has 0 bridgehead atoms. The van der Waals surface area contributed by atoms with E-state index in [0.29, 0.717) is 29.4 Å². The lowest BCUT2D eigenvalue weighted by molar-refractivity contribution is 0.0949. The Morgan fingerprint density at radius 3 is 3.22 bits per heavy atom. The maximum Gasteiger partial charge on any atom is 0.257 e. The summed E-state index contributed by atoms with van der Waals surface area (Å²) in [5.41, 5.74) is 3.54. The molecule has 3 aromatic rings. The highest BCUT2D eigenvalue weighted by atomic mass is 16.3. The molecule has 23 heavy (non-hydrogen) atoms. The van der Waals surface area contributed by atoms with Crippen LogP contribution in [0.1, 0.15) is 40.7 Å². The van der Waals surface area contributed by atoms with Gasteiger partial charge in [-0.25, -0.2) is 9.50 Å². The van der Waals surface area contributed by atoms with Crippen molar-refractivity contribution in [3.63, 3.8) is 0 Å². The van der Waals surface area contributed by atoms with Crippen LogP contribution in [0.2, 0.25) is 0 Å². The first-order valence-electron chi connectivity index (χ1n) is 7.87. The Balaban J connectivity index is 1.62. The molecule has 0 aromatic carbocycles. The third-order valence-corrected chi connectivity index (χ3v) is 4.40. The minimum absolute atomic E-state index is 0.187. The molecule has 0 saturated heterocycles. The average Bonchev–Trinajstić information content (AvgIpc) is 3.21. The second-order valence-corrected chi connectivity index (χ2v) is 6.13. The standard InChI is InChI=1S/C17H18N4O2/c1-11-4-5-15-12(7-11)8-18-16-14(10-20-21(15)16)17(22)19-9-13-3-2-6-23-13/h2-3,6,8,10-11H,4-5,7,9H2,1H3,(H,19,22)/t11-/m1/s1. The topological polar surface area (TPSA) is 72.4 Å². The van der Waals surface area contributed by atoms with Crippen LogP contribution in [0.3, 0.4) is 0 Å². The molecule has 0 radical (unpaired) electrons. The molecule has 1 aliphatic rings. The van der Waals surface area contributed by atoms with Crippen LogP contribution < -0.4 is 5.32 Å². The molecular weight excluding hydrogens is 292 g/mol. The normalized spacial score (nSPS) is 17.2. The van der Waals surface area contributed by atoms with Gasteiger partial charge >= 0.3 is 0 Å². The maximum atomic E-state index is 12.4. The van der Waals surface area contributed by atoms with E-state index in [9.17, 15) is 4.79 Å². The number of rotatable bonds is 3. The number of carbonyl (C=O) groups excluding carboxylic acids is 1. The number of hydrogen-bond acceptors (Lipinski definition) is 4. The minimum atomic E-state index is -0.187. The number of nitrogens with one attached hydrogen (secondary N) is 1. The number of aromatic nitrogens is 3. The van der Waals surface area contributed by atoms with E-state index in [2.05, 4.69) is 22.3 Å². The highest BCUT2D eigenvalue weighted by Crippen LogP contribution is 2.25. The maximum absolute atomic E-state index is 12.4. The van der Waals surface area contributed by atoms with Gasteiger partial charge in [0.05, 0.1) is 19.0 Å². The van der Waals surface area contributed by atoms with Crippen molar-refractivity contribution in [3.8, 4) is 0 Å². The Bertz CT molecular complexity index is 851. The van der Waals surface area contributed by atoms with Crippen LogP contribution in [-0.2, 0) is 19.4 Å². The molecule has 0 spiro atoms. The molecule has 1 N–H and O–H groups in total. The van der Waals surface area contributed by atoms with Crippen molar-refractivity contribution in [2.45, 2.75) is 32.7 Å². The quantitative estimate of drug-likeness (QED) is 0.806. The van der Waals surface area contributed by atoms with Gasteiger partial charge in [-0.2, -0.15) is 5.10 Å². The number of hydrogen-bond donors (Lipinski definition) is 1. The second kappa shape index (κ2) is 5.53. The molecule has 3 aromatic heterocycles. The van der Waals surface area contributed by atoms with E-state index in [1.165, 1.54) is 11.3 Å². The van der Waals surface area contributed by atoms with Crippen molar-refractivity contribution < 1.29 is 9.21 Å². The molecule has 1 aliphatic carbocycles. The van der Waals surface area contributed by atoms with Crippen LogP contribution in [0.5, 0.6) is 0 Å². The smallest absolute Gasteiger partial charge is 0.257 e. The molecule has 0 fully saturated rings. The molecule has 118 valence electrons. The number of carbonyl (C=O) groups is 1. The predicted octanol–water partition coefficient (Wildman–Crippen LogP) is 2.38. The van der Waals surface area contributed by atoms with Gasteiger partial charge in [-0.1, -0.05) is 6.92 Å². The minimum Gasteiger partial charge on any atom is -0.467 e. The molecule has 6 nitrogen and oxygen atoms in total. The van der Waals surface area contributed by atoms with Gasteiger partial charge in [0.25, 0.3) is 5.91 Å². The van der Waals surface area contributed by atoms with Gasteiger partial charge in [0.1, 0.15) is 11.3 Å². The summed E-state index contributed by atoms with van der Waals surface area (Å²) in [5, 5.41) is 7.23. The number of nitrogens with zero attached hydrogens (tertiary/aromatic N) is 3. The molecule has 6 heteroatoms. The summed E-state index contributed by atoms with van der Waals surface area (Å²) in [6.07, 6.45) is 8.23. The Hall–Kier alpha value is -2.63. The Labute approximate surface area is 133 Å². The van der Waals surface area contributed by atoms with E-state index in [4.69, 9.17) is 4.42 Å². The molecule has 0 aliphatic heterocycles. The number of aryl methyl sites for hydroxylation is 1. The van der Waals surface area contributed by atoms with E-state index < -0.39 is 0 Å². The largest absolute Gasteiger partial charge is 0.467 e. The molecule has 0 saturated carbocycles. The lowest BCUT2D eigenvalue weighted by atomic mass is 9.89. The van der Waals surface area contributed by atoms with E-state index in [1.54, 1.807) is 18.5 Å². The number of fused-ring (bicyclic) bond motifs is 3.